The highest BCUT2D eigenvalue weighted by Crippen LogP contribution is 2.27. The van der Waals surface area contributed by atoms with Crippen LogP contribution in [0.25, 0.3) is 10.9 Å². The summed E-state index contributed by atoms with van der Waals surface area (Å²) in [6.45, 7) is 2.72. The summed E-state index contributed by atoms with van der Waals surface area (Å²) in [5, 5.41) is 29.6. The van der Waals surface area contributed by atoms with E-state index in [-0.39, 0.29) is 24.4 Å². The highest BCUT2D eigenvalue weighted by molar-refractivity contribution is 6.03. The number of hydrogen-bond acceptors (Lipinski definition) is 7. The van der Waals surface area contributed by atoms with E-state index in [0.717, 1.165) is 4.57 Å². The van der Waals surface area contributed by atoms with Crippen LogP contribution in [0.3, 0.4) is 0 Å². The maximum Gasteiger partial charge on any atom is 0.322 e. The van der Waals surface area contributed by atoms with Crippen LogP contribution in [-0.4, -0.2) is 63.5 Å². The molecule has 0 saturated carbocycles. The highest BCUT2D eigenvalue weighted by atomic mass is 16.4. The summed E-state index contributed by atoms with van der Waals surface area (Å²) >= 11 is 0. The third-order valence-electron chi connectivity index (χ3n) is 6.34. The molecule has 1 aromatic heterocycles. The van der Waals surface area contributed by atoms with E-state index in [2.05, 4.69) is 21.3 Å². The molecule has 6 N–H and O–H groups in total. The Kier molecular flexibility index (Phi) is 10.4. The number of benzene rings is 2. The number of pyridine rings is 1. The maximum absolute atomic E-state index is 12.8. The minimum absolute atomic E-state index is 0.00632. The molecule has 0 spiro atoms. The smallest absolute Gasteiger partial charge is 0.322 e. The van der Waals surface area contributed by atoms with Crippen molar-refractivity contribution in [3.63, 3.8) is 0 Å². The predicted molar refractivity (Wildman–Crippen MR) is 153 cm³/mol. The number of aryl methyl sites for hydroxylation is 1. The maximum atomic E-state index is 12.8. The van der Waals surface area contributed by atoms with Crippen molar-refractivity contribution in [3.05, 3.63) is 75.6 Å². The van der Waals surface area contributed by atoms with Crippen LogP contribution in [-0.2, 0) is 28.0 Å². The number of fused-ring (bicyclic) bond motifs is 1. The molecule has 0 aliphatic rings. The predicted octanol–water partition coefficient (Wildman–Crippen LogP) is 0.636. The Morgan fingerprint density at radius 2 is 1.60 bits per heavy atom. The van der Waals surface area contributed by atoms with Crippen LogP contribution in [0.15, 0.2) is 53.3 Å². The van der Waals surface area contributed by atoms with Gasteiger partial charge in [0, 0.05) is 24.5 Å². The van der Waals surface area contributed by atoms with E-state index < -0.39 is 59.1 Å². The molecule has 0 aliphatic carbocycles. The Labute approximate surface area is 240 Å². The second-order valence-corrected chi connectivity index (χ2v) is 10.0. The van der Waals surface area contributed by atoms with E-state index in [0.29, 0.717) is 23.1 Å². The summed E-state index contributed by atoms with van der Waals surface area (Å²) in [4.78, 5) is 73.7. The molecule has 1 heterocycles. The zero-order chi connectivity index (χ0) is 31.0. The van der Waals surface area contributed by atoms with Crippen LogP contribution >= 0.6 is 0 Å². The topological polar surface area (TPSA) is 196 Å². The zero-order valence-electron chi connectivity index (χ0n) is 23.4. The number of nitrogens with zero attached hydrogens (tertiary/aromatic N) is 1. The Morgan fingerprint density at radius 3 is 2.24 bits per heavy atom. The number of hydrogen-bond donors (Lipinski definition) is 6. The summed E-state index contributed by atoms with van der Waals surface area (Å²) in [6.07, 6.45) is 0.366. The van der Waals surface area contributed by atoms with Gasteiger partial charge in [0.1, 0.15) is 23.9 Å². The van der Waals surface area contributed by atoms with Gasteiger partial charge in [0.2, 0.25) is 11.8 Å². The Hall–Kier alpha value is -5.20. The molecule has 13 nitrogen and oxygen atoms in total. The van der Waals surface area contributed by atoms with Crippen molar-refractivity contribution in [2.45, 2.75) is 32.9 Å². The molecule has 42 heavy (non-hydrogen) atoms. The van der Waals surface area contributed by atoms with Gasteiger partial charge in [0.25, 0.3) is 17.4 Å². The van der Waals surface area contributed by atoms with E-state index in [1.807, 2.05) is 13.8 Å². The van der Waals surface area contributed by atoms with Gasteiger partial charge in [-0.2, -0.15) is 0 Å². The number of carboxylic acids is 1. The van der Waals surface area contributed by atoms with Crippen molar-refractivity contribution in [3.8, 4) is 5.75 Å². The fourth-order valence-corrected chi connectivity index (χ4v) is 4.23. The second kappa shape index (κ2) is 13.9. The lowest BCUT2D eigenvalue weighted by Crippen LogP contribution is -2.49. The first-order valence-corrected chi connectivity index (χ1v) is 13.1. The largest absolute Gasteiger partial charge is 0.506 e. The molecule has 3 rings (SSSR count). The molecule has 0 radical (unpaired) electrons. The number of aromatic nitrogens is 1. The Balaban J connectivity index is 1.66. The number of carbonyl (C=O) groups is 5. The molecular formula is C29H33N5O8. The van der Waals surface area contributed by atoms with Crippen molar-refractivity contribution in [1.82, 2.24) is 25.8 Å². The third kappa shape index (κ3) is 7.93. The Bertz CT molecular complexity index is 1570. The Morgan fingerprint density at radius 1 is 0.905 bits per heavy atom. The number of amides is 4. The molecule has 0 unspecified atom stereocenters. The quantitative estimate of drug-likeness (QED) is 0.180. The fourth-order valence-electron chi connectivity index (χ4n) is 4.23. The lowest BCUT2D eigenvalue weighted by Gasteiger charge is -2.20. The molecule has 1 atom stereocenters. The van der Waals surface area contributed by atoms with Crippen LogP contribution in [0.2, 0.25) is 0 Å². The average molecular weight is 580 g/mol. The number of nitrogens with one attached hydrogen (secondary N) is 4. The van der Waals surface area contributed by atoms with Crippen LogP contribution in [0, 0.1) is 5.92 Å². The number of rotatable bonds is 12. The lowest BCUT2D eigenvalue weighted by atomic mass is 10.0. The molecule has 0 fully saturated rings. The zero-order valence-corrected chi connectivity index (χ0v) is 23.4. The summed E-state index contributed by atoms with van der Waals surface area (Å²) in [7, 11) is 1.40. The van der Waals surface area contributed by atoms with Gasteiger partial charge in [0.15, 0.2) is 0 Å². The molecule has 0 saturated heterocycles. The number of aromatic hydroxyl groups is 1. The van der Waals surface area contributed by atoms with Crippen molar-refractivity contribution in [2.75, 3.05) is 13.1 Å². The van der Waals surface area contributed by atoms with E-state index in [1.165, 1.54) is 19.2 Å². The monoisotopic (exact) mass is 579 g/mol. The van der Waals surface area contributed by atoms with Gasteiger partial charge in [-0.15, -0.1) is 0 Å². The van der Waals surface area contributed by atoms with Crippen LogP contribution in [0.5, 0.6) is 5.75 Å². The average Bonchev–Trinajstić information content (AvgIpc) is 2.96. The molecule has 13 heteroatoms. The SMILES string of the molecule is CC(C)C[C@H](NC(=O)c1ccccc1)C(=O)NCC(=O)NCc1ccc2c(c1)c(O)c(C(=O)NCC(=O)O)c(=O)n2C. The minimum Gasteiger partial charge on any atom is -0.506 e. The summed E-state index contributed by atoms with van der Waals surface area (Å²) in [5.41, 5.74) is -0.184. The summed E-state index contributed by atoms with van der Waals surface area (Å²) in [6, 6.07) is 12.3. The van der Waals surface area contributed by atoms with E-state index >= 15 is 0 Å². The molecule has 0 bridgehead atoms. The number of carboxylic acid groups (broad SMARTS) is 1. The van der Waals surface area contributed by atoms with Gasteiger partial charge in [-0.25, -0.2) is 0 Å². The molecule has 0 aliphatic heterocycles. The molecule has 2 aromatic carbocycles. The summed E-state index contributed by atoms with van der Waals surface area (Å²) < 4.78 is 1.15. The third-order valence-corrected chi connectivity index (χ3v) is 6.34. The van der Waals surface area contributed by atoms with Gasteiger partial charge in [-0.3, -0.25) is 28.8 Å². The first-order valence-electron chi connectivity index (χ1n) is 13.1. The van der Waals surface area contributed by atoms with E-state index in [1.54, 1.807) is 36.4 Å². The minimum atomic E-state index is -1.32. The number of aliphatic carboxylic acids is 1. The van der Waals surface area contributed by atoms with Crippen LogP contribution in [0.1, 0.15) is 46.5 Å². The van der Waals surface area contributed by atoms with Crippen LogP contribution < -0.4 is 26.8 Å². The van der Waals surface area contributed by atoms with Crippen molar-refractivity contribution < 1.29 is 34.2 Å². The van der Waals surface area contributed by atoms with Gasteiger partial charge in [0.05, 0.1) is 12.1 Å². The molecular weight excluding hydrogens is 546 g/mol. The van der Waals surface area contributed by atoms with Gasteiger partial charge < -0.3 is 36.0 Å². The van der Waals surface area contributed by atoms with Crippen LogP contribution in [0.4, 0.5) is 0 Å². The molecule has 3 aromatic rings. The van der Waals surface area contributed by atoms with Crippen molar-refractivity contribution in [2.24, 2.45) is 13.0 Å². The number of carbonyl (C=O) groups excluding carboxylic acids is 4. The fraction of sp³-hybridized carbons (Fsp3) is 0.310. The van der Waals surface area contributed by atoms with E-state index in [9.17, 15) is 33.9 Å². The van der Waals surface area contributed by atoms with Gasteiger partial charge in [-0.05, 0) is 42.2 Å². The van der Waals surface area contributed by atoms with Crippen molar-refractivity contribution in [1.29, 1.82) is 0 Å². The van der Waals surface area contributed by atoms with Crippen molar-refractivity contribution >= 4 is 40.5 Å². The van der Waals surface area contributed by atoms with E-state index in [4.69, 9.17) is 5.11 Å². The van der Waals surface area contributed by atoms with Gasteiger partial charge >= 0.3 is 5.97 Å². The standard InChI is InChI=1S/C29H33N5O8/c1-16(2)11-20(33-26(39)18-7-5-4-6-8-18)27(40)31-14-22(35)30-13-17-9-10-21-19(12-17)25(38)24(29(42)34(21)3)28(41)32-15-23(36)37/h4-10,12,16,20,38H,11,13-15H2,1-3H3,(H,30,35)(H,31,40)(H,32,41)(H,33,39)(H,36,37)/t20-/m0/s1. The highest BCUT2D eigenvalue weighted by Gasteiger charge is 2.24. The normalized spacial score (nSPS) is 11.5. The lowest BCUT2D eigenvalue weighted by molar-refractivity contribution is -0.135. The summed E-state index contributed by atoms with van der Waals surface area (Å²) in [5.74, 6) is -4.30. The first-order chi connectivity index (χ1) is 19.9. The van der Waals surface area contributed by atoms with Gasteiger partial charge in [-0.1, -0.05) is 38.1 Å². The molecule has 4 amide bonds. The second-order valence-electron chi connectivity index (χ2n) is 10.0. The first kappa shape index (κ1) is 31.3. The molecule has 222 valence electrons.